The molecule has 0 bridgehead atoms. The molecule has 7 heteroatoms. The molecular weight excluding hydrogens is 337 g/mol. The largest absolute Gasteiger partial charge is 0.496 e. The number of carbonyl (C=O) groups excluding carboxylic acids is 1. The van der Waals surface area contributed by atoms with E-state index in [0.717, 1.165) is 5.56 Å². The first kappa shape index (κ1) is 17.3. The summed E-state index contributed by atoms with van der Waals surface area (Å²) in [6.07, 6.45) is 2.93. The van der Waals surface area contributed by atoms with Gasteiger partial charge in [-0.15, -0.1) is 0 Å². The van der Waals surface area contributed by atoms with Crippen molar-refractivity contribution in [2.45, 2.75) is 6.42 Å². The van der Waals surface area contributed by atoms with E-state index in [0.29, 0.717) is 11.4 Å². The van der Waals surface area contributed by atoms with Gasteiger partial charge in [-0.05, 0) is 18.2 Å². The lowest BCUT2D eigenvalue weighted by Crippen LogP contribution is -2.15. The fourth-order valence-corrected chi connectivity index (χ4v) is 2.29. The first-order valence-corrected chi connectivity index (χ1v) is 7.82. The normalized spacial score (nSPS) is 10.2. The molecule has 2 aromatic carbocycles. The van der Waals surface area contributed by atoms with E-state index in [9.17, 15) is 9.18 Å². The van der Waals surface area contributed by atoms with E-state index in [1.165, 1.54) is 24.5 Å². The predicted molar refractivity (Wildman–Crippen MR) is 93.8 cm³/mol. The number of anilines is 1. The maximum absolute atomic E-state index is 13.5. The van der Waals surface area contributed by atoms with Crippen molar-refractivity contribution in [2.75, 3.05) is 12.4 Å². The fourth-order valence-electron chi connectivity index (χ4n) is 2.29. The van der Waals surface area contributed by atoms with Crippen molar-refractivity contribution < 1.29 is 18.7 Å². The lowest BCUT2D eigenvalue weighted by Gasteiger charge is -2.09. The third kappa shape index (κ3) is 4.32. The Balaban J connectivity index is 1.62. The summed E-state index contributed by atoms with van der Waals surface area (Å²) in [5, 5.41) is 2.70. The lowest BCUT2D eigenvalue weighted by molar-refractivity contribution is -0.115. The number of para-hydroxylation sites is 2. The van der Waals surface area contributed by atoms with Gasteiger partial charge in [0.2, 0.25) is 5.91 Å². The topological polar surface area (TPSA) is 73.3 Å². The van der Waals surface area contributed by atoms with Gasteiger partial charge in [-0.2, -0.15) is 0 Å². The summed E-state index contributed by atoms with van der Waals surface area (Å²) in [7, 11) is 1.55. The smallest absolute Gasteiger partial charge is 0.322 e. The highest BCUT2D eigenvalue weighted by molar-refractivity contribution is 5.92. The van der Waals surface area contributed by atoms with Crippen LogP contribution in [-0.4, -0.2) is 23.0 Å². The summed E-state index contributed by atoms with van der Waals surface area (Å²) >= 11 is 0. The Bertz CT molecular complexity index is 901. The van der Waals surface area contributed by atoms with Crippen LogP contribution in [-0.2, 0) is 11.2 Å². The van der Waals surface area contributed by atoms with E-state index in [1.54, 1.807) is 25.3 Å². The van der Waals surface area contributed by atoms with Gasteiger partial charge < -0.3 is 14.8 Å². The van der Waals surface area contributed by atoms with Crippen molar-refractivity contribution in [1.29, 1.82) is 0 Å². The van der Waals surface area contributed by atoms with Gasteiger partial charge in [-0.1, -0.05) is 30.3 Å². The molecule has 0 fully saturated rings. The monoisotopic (exact) mass is 353 g/mol. The van der Waals surface area contributed by atoms with Gasteiger partial charge in [0.1, 0.15) is 5.75 Å². The number of rotatable bonds is 6. The van der Waals surface area contributed by atoms with E-state index in [4.69, 9.17) is 9.47 Å². The van der Waals surface area contributed by atoms with Crippen LogP contribution < -0.4 is 14.8 Å². The maximum Gasteiger partial charge on any atom is 0.322 e. The second-order valence-electron chi connectivity index (χ2n) is 5.32. The van der Waals surface area contributed by atoms with Gasteiger partial charge in [0.25, 0.3) is 0 Å². The van der Waals surface area contributed by atoms with Crippen LogP contribution in [0.4, 0.5) is 10.1 Å². The lowest BCUT2D eigenvalue weighted by atomic mass is 10.1. The van der Waals surface area contributed by atoms with Crippen LogP contribution in [0.5, 0.6) is 17.5 Å². The molecule has 0 spiro atoms. The van der Waals surface area contributed by atoms with Gasteiger partial charge in [0, 0.05) is 5.56 Å². The number of aromatic nitrogens is 2. The number of amides is 1. The second-order valence-corrected chi connectivity index (χ2v) is 5.32. The Hall–Kier alpha value is -3.48. The van der Waals surface area contributed by atoms with Crippen molar-refractivity contribution in [3.63, 3.8) is 0 Å². The standard InChI is InChI=1S/C19H16FN3O3/c1-25-16-8-4-2-6-13(16)10-18(24)23-14-11-21-19(22-12-14)26-17-9-5-3-7-15(17)20/h2-9,11-12H,10H2,1H3,(H,23,24). The molecule has 1 amide bonds. The van der Waals surface area contributed by atoms with Crippen LogP contribution in [0.1, 0.15) is 5.56 Å². The third-order valence-electron chi connectivity index (χ3n) is 3.49. The summed E-state index contributed by atoms with van der Waals surface area (Å²) in [6, 6.07) is 13.2. The highest BCUT2D eigenvalue weighted by Crippen LogP contribution is 2.22. The number of ether oxygens (including phenoxy) is 2. The third-order valence-corrected chi connectivity index (χ3v) is 3.49. The first-order valence-electron chi connectivity index (χ1n) is 7.82. The van der Waals surface area contributed by atoms with Gasteiger partial charge in [-0.25, -0.2) is 14.4 Å². The quantitative estimate of drug-likeness (QED) is 0.733. The molecule has 26 heavy (non-hydrogen) atoms. The highest BCUT2D eigenvalue weighted by Gasteiger charge is 2.10. The molecule has 0 unspecified atom stereocenters. The van der Waals surface area contributed by atoms with Crippen molar-refractivity contribution >= 4 is 11.6 Å². The maximum atomic E-state index is 13.5. The molecular formula is C19H16FN3O3. The molecule has 0 saturated heterocycles. The Morgan fingerprint density at radius 3 is 2.38 bits per heavy atom. The zero-order chi connectivity index (χ0) is 18.4. The molecule has 0 aliphatic rings. The van der Waals surface area contributed by atoms with E-state index < -0.39 is 5.82 Å². The minimum Gasteiger partial charge on any atom is -0.496 e. The number of benzene rings is 2. The van der Waals surface area contributed by atoms with E-state index >= 15 is 0 Å². The predicted octanol–water partition coefficient (Wildman–Crippen LogP) is 3.60. The van der Waals surface area contributed by atoms with Gasteiger partial charge in [-0.3, -0.25) is 4.79 Å². The van der Waals surface area contributed by atoms with Crippen molar-refractivity contribution in [3.05, 3.63) is 72.3 Å². The molecule has 132 valence electrons. The second kappa shape index (κ2) is 8.06. The molecule has 6 nitrogen and oxygen atoms in total. The Labute approximate surface area is 149 Å². The molecule has 1 aromatic heterocycles. The summed E-state index contributed by atoms with van der Waals surface area (Å²) in [5.41, 5.74) is 1.18. The molecule has 0 atom stereocenters. The zero-order valence-electron chi connectivity index (χ0n) is 14.0. The summed E-state index contributed by atoms with van der Waals surface area (Å²) in [5.74, 6) is -0.0702. The zero-order valence-corrected chi connectivity index (χ0v) is 14.0. The van der Waals surface area contributed by atoms with Crippen molar-refractivity contribution in [1.82, 2.24) is 9.97 Å². The van der Waals surface area contributed by atoms with Crippen LogP contribution in [0.2, 0.25) is 0 Å². The molecule has 1 N–H and O–H groups in total. The molecule has 0 aliphatic carbocycles. The number of methoxy groups -OCH3 is 1. The van der Waals surface area contributed by atoms with E-state index in [1.807, 2.05) is 18.2 Å². The highest BCUT2D eigenvalue weighted by atomic mass is 19.1. The van der Waals surface area contributed by atoms with Crippen molar-refractivity contribution in [2.24, 2.45) is 0 Å². The number of hydrogen-bond acceptors (Lipinski definition) is 5. The van der Waals surface area contributed by atoms with Crippen LogP contribution in [0.15, 0.2) is 60.9 Å². The molecule has 0 aliphatic heterocycles. The Morgan fingerprint density at radius 1 is 1.04 bits per heavy atom. The van der Waals surface area contributed by atoms with Gasteiger partial charge in [0.15, 0.2) is 11.6 Å². The molecule has 0 saturated carbocycles. The molecule has 3 rings (SSSR count). The summed E-state index contributed by atoms with van der Waals surface area (Å²) < 4.78 is 24.0. The SMILES string of the molecule is COc1ccccc1CC(=O)Nc1cnc(Oc2ccccc2F)nc1. The van der Waals surface area contributed by atoms with Crippen LogP contribution in [0, 0.1) is 5.82 Å². The van der Waals surface area contributed by atoms with E-state index in [-0.39, 0.29) is 24.1 Å². The minimum absolute atomic E-state index is 0.0159. The number of carbonyl (C=O) groups is 1. The van der Waals surface area contributed by atoms with Crippen LogP contribution >= 0.6 is 0 Å². The molecule has 0 radical (unpaired) electrons. The number of nitrogens with zero attached hydrogens (tertiary/aromatic N) is 2. The minimum atomic E-state index is -0.509. The summed E-state index contributed by atoms with van der Waals surface area (Å²) in [6.45, 7) is 0. The summed E-state index contributed by atoms with van der Waals surface area (Å²) in [4.78, 5) is 20.1. The van der Waals surface area contributed by atoms with Gasteiger partial charge in [0.05, 0.1) is 31.6 Å². The number of hydrogen-bond donors (Lipinski definition) is 1. The number of nitrogens with one attached hydrogen (secondary N) is 1. The van der Waals surface area contributed by atoms with Crippen LogP contribution in [0.3, 0.4) is 0 Å². The Morgan fingerprint density at radius 2 is 1.69 bits per heavy atom. The Kier molecular flexibility index (Phi) is 5.38. The average molecular weight is 353 g/mol. The fraction of sp³-hybridized carbons (Fsp3) is 0.105. The van der Waals surface area contributed by atoms with E-state index in [2.05, 4.69) is 15.3 Å². The van der Waals surface area contributed by atoms with Crippen molar-refractivity contribution in [3.8, 4) is 17.5 Å². The molecule has 1 heterocycles. The first-order chi connectivity index (χ1) is 12.7. The van der Waals surface area contributed by atoms with Crippen LogP contribution in [0.25, 0.3) is 0 Å². The average Bonchev–Trinajstić information content (AvgIpc) is 2.65. The molecule has 3 aromatic rings. The van der Waals surface area contributed by atoms with Gasteiger partial charge >= 0.3 is 6.01 Å². The number of halogens is 1.